The predicted octanol–water partition coefficient (Wildman–Crippen LogP) is 5.44. The fourth-order valence-electron chi connectivity index (χ4n) is 2.35. The van der Waals surface area contributed by atoms with E-state index >= 15 is 0 Å². The molecule has 2 aromatic carbocycles. The first-order valence-corrected chi connectivity index (χ1v) is 8.08. The van der Waals surface area contributed by atoms with E-state index in [-0.39, 0.29) is 17.4 Å². The first-order chi connectivity index (χ1) is 12.1. The Bertz CT molecular complexity index is 823. The Labute approximate surface area is 154 Å². The second-order valence-corrected chi connectivity index (χ2v) is 6.20. The zero-order valence-electron chi connectivity index (χ0n) is 14.4. The zero-order valence-corrected chi connectivity index (χ0v) is 15.2. The Morgan fingerprint density at radius 1 is 1.12 bits per heavy atom. The quantitative estimate of drug-likeness (QED) is 0.687. The van der Waals surface area contributed by atoms with Crippen molar-refractivity contribution in [3.8, 4) is 5.75 Å². The van der Waals surface area contributed by atoms with Gasteiger partial charge in [0.2, 0.25) is 0 Å². The van der Waals surface area contributed by atoms with Crippen molar-refractivity contribution < 1.29 is 22.7 Å². The normalized spacial score (nSPS) is 11.2. The second kappa shape index (κ2) is 7.86. The topological polar surface area (TPSA) is 50.4 Å². The van der Waals surface area contributed by atoms with Gasteiger partial charge in [0.25, 0.3) is 0 Å². The smallest absolute Gasteiger partial charge is 0.418 e. The van der Waals surface area contributed by atoms with Crippen LogP contribution in [0.2, 0.25) is 5.02 Å². The molecule has 0 aromatic heterocycles. The molecule has 140 valence electrons. The summed E-state index contributed by atoms with van der Waals surface area (Å²) < 4.78 is 44.6. The summed E-state index contributed by atoms with van der Waals surface area (Å²) in [7, 11) is 0. The van der Waals surface area contributed by atoms with Crippen molar-refractivity contribution in [1.29, 1.82) is 0 Å². The molecule has 0 heterocycles. The molecule has 2 rings (SSSR count). The maximum atomic E-state index is 13.0. The van der Waals surface area contributed by atoms with Crippen LogP contribution in [0.1, 0.15) is 22.3 Å². The maximum absolute atomic E-state index is 13.0. The molecule has 0 aliphatic heterocycles. The number of ether oxygens (including phenoxy) is 1. The highest BCUT2D eigenvalue weighted by molar-refractivity contribution is 6.30. The molecule has 2 N–H and O–H groups in total. The van der Waals surface area contributed by atoms with Gasteiger partial charge in [0.05, 0.1) is 11.3 Å². The average Bonchev–Trinajstić information content (AvgIpc) is 2.55. The first kappa shape index (κ1) is 19.9. The molecular weight excluding hydrogens is 369 g/mol. The van der Waals surface area contributed by atoms with E-state index < -0.39 is 17.8 Å². The number of hydrogen-bond donors (Lipinski definition) is 2. The molecule has 0 spiro atoms. The van der Waals surface area contributed by atoms with Crippen LogP contribution >= 0.6 is 11.6 Å². The summed E-state index contributed by atoms with van der Waals surface area (Å²) in [5, 5.41) is 4.46. The van der Waals surface area contributed by atoms with E-state index in [2.05, 4.69) is 10.6 Å². The summed E-state index contributed by atoms with van der Waals surface area (Å²) in [6, 6.07) is 6.15. The monoisotopic (exact) mass is 386 g/mol. The minimum atomic E-state index is -4.64. The molecule has 0 unspecified atom stereocenters. The summed E-state index contributed by atoms with van der Waals surface area (Å²) >= 11 is 5.60. The number of hydrogen-bond acceptors (Lipinski definition) is 2. The molecule has 26 heavy (non-hydrogen) atoms. The van der Waals surface area contributed by atoms with Crippen LogP contribution in [0.15, 0.2) is 30.3 Å². The van der Waals surface area contributed by atoms with Crippen LogP contribution in [0, 0.1) is 20.8 Å². The minimum Gasteiger partial charge on any atom is -0.473 e. The number of rotatable bonds is 4. The molecule has 0 saturated carbocycles. The number of halogens is 4. The van der Waals surface area contributed by atoms with Crippen LogP contribution in [0.3, 0.4) is 0 Å². The number of alkyl halides is 3. The number of carbonyl (C=O) groups is 1. The van der Waals surface area contributed by atoms with Gasteiger partial charge in [0.1, 0.15) is 5.75 Å². The molecule has 0 aliphatic rings. The van der Waals surface area contributed by atoms with Crippen LogP contribution in [0.4, 0.5) is 23.7 Å². The molecule has 2 aromatic rings. The number of carbonyl (C=O) groups excluding carboxylic acids is 1. The molecule has 0 aliphatic carbocycles. The fourth-order valence-corrected chi connectivity index (χ4v) is 2.52. The van der Waals surface area contributed by atoms with Crippen LogP contribution in [0.5, 0.6) is 5.75 Å². The Balaban J connectivity index is 2.02. The third-order valence-electron chi connectivity index (χ3n) is 3.86. The molecular formula is C18H18ClF3N2O2. The lowest BCUT2D eigenvalue weighted by Crippen LogP contribution is -2.33. The Hall–Kier alpha value is -2.41. The largest absolute Gasteiger partial charge is 0.473 e. The molecule has 8 heteroatoms. The lowest BCUT2D eigenvalue weighted by Gasteiger charge is -2.16. The fraction of sp³-hybridized carbons (Fsp3) is 0.278. The van der Waals surface area contributed by atoms with Crippen LogP contribution < -0.4 is 15.4 Å². The molecule has 0 fully saturated rings. The average molecular weight is 387 g/mol. The van der Waals surface area contributed by atoms with Crippen molar-refractivity contribution in [1.82, 2.24) is 5.32 Å². The Morgan fingerprint density at radius 3 is 2.42 bits per heavy atom. The van der Waals surface area contributed by atoms with Crippen LogP contribution in [-0.2, 0) is 6.18 Å². The number of amides is 2. The molecule has 0 saturated heterocycles. The molecule has 2 amide bonds. The predicted molar refractivity (Wildman–Crippen MR) is 94.8 cm³/mol. The maximum Gasteiger partial charge on any atom is 0.418 e. The van der Waals surface area contributed by atoms with Gasteiger partial charge in [0.15, 0.2) is 6.73 Å². The van der Waals surface area contributed by atoms with Gasteiger partial charge in [-0.2, -0.15) is 13.2 Å². The van der Waals surface area contributed by atoms with E-state index in [0.717, 1.165) is 28.8 Å². The highest BCUT2D eigenvalue weighted by Crippen LogP contribution is 2.36. The summed E-state index contributed by atoms with van der Waals surface area (Å²) in [5.74, 6) is 0.632. The Morgan fingerprint density at radius 2 is 1.77 bits per heavy atom. The van der Waals surface area contributed by atoms with Crippen molar-refractivity contribution in [2.75, 3.05) is 12.0 Å². The Kier molecular flexibility index (Phi) is 6.02. The molecule has 0 atom stereocenters. The van der Waals surface area contributed by atoms with E-state index in [0.29, 0.717) is 5.75 Å². The lowest BCUT2D eigenvalue weighted by molar-refractivity contribution is -0.136. The minimum absolute atomic E-state index is 0.0722. The third-order valence-corrected chi connectivity index (χ3v) is 4.09. The van der Waals surface area contributed by atoms with E-state index in [1.165, 1.54) is 6.07 Å². The number of aryl methyl sites for hydroxylation is 2. The first-order valence-electron chi connectivity index (χ1n) is 7.71. The van der Waals surface area contributed by atoms with Gasteiger partial charge in [-0.1, -0.05) is 23.7 Å². The van der Waals surface area contributed by atoms with E-state index in [9.17, 15) is 18.0 Å². The van der Waals surface area contributed by atoms with Gasteiger partial charge in [-0.15, -0.1) is 0 Å². The summed E-state index contributed by atoms with van der Waals surface area (Å²) in [5.41, 5.74) is 1.46. The van der Waals surface area contributed by atoms with Crippen molar-refractivity contribution >= 4 is 23.3 Å². The number of benzene rings is 2. The van der Waals surface area contributed by atoms with Gasteiger partial charge in [-0.3, -0.25) is 0 Å². The number of urea groups is 1. The van der Waals surface area contributed by atoms with Crippen molar-refractivity contribution in [2.45, 2.75) is 26.9 Å². The van der Waals surface area contributed by atoms with Gasteiger partial charge in [-0.05, 0) is 55.7 Å². The lowest BCUT2D eigenvalue weighted by atomic mass is 10.1. The standard InChI is InChI=1S/C18H18ClF3N2O2/c1-10-4-5-11(2)16(12(10)3)26-9-23-17(25)24-15-7-6-13(19)8-14(15)18(20,21)22/h4-8H,9H2,1-3H3,(H2,23,24,25). The highest BCUT2D eigenvalue weighted by Gasteiger charge is 2.34. The zero-order chi connectivity index (χ0) is 19.5. The molecule has 0 bridgehead atoms. The van der Waals surface area contributed by atoms with E-state index in [4.69, 9.17) is 16.3 Å². The van der Waals surface area contributed by atoms with Gasteiger partial charge < -0.3 is 15.4 Å². The van der Waals surface area contributed by atoms with Gasteiger partial charge in [-0.25, -0.2) is 4.79 Å². The van der Waals surface area contributed by atoms with Crippen molar-refractivity contribution in [3.63, 3.8) is 0 Å². The van der Waals surface area contributed by atoms with Crippen LogP contribution in [-0.4, -0.2) is 12.8 Å². The highest BCUT2D eigenvalue weighted by atomic mass is 35.5. The molecule has 4 nitrogen and oxygen atoms in total. The number of anilines is 1. The summed E-state index contributed by atoms with van der Waals surface area (Å²) in [6.45, 7) is 5.50. The molecule has 0 radical (unpaired) electrons. The van der Waals surface area contributed by atoms with Crippen LogP contribution in [0.25, 0.3) is 0 Å². The summed E-state index contributed by atoms with van der Waals surface area (Å²) in [6.07, 6.45) is -4.64. The van der Waals surface area contributed by atoms with Gasteiger partial charge in [0, 0.05) is 5.02 Å². The van der Waals surface area contributed by atoms with Crippen molar-refractivity contribution in [2.24, 2.45) is 0 Å². The van der Waals surface area contributed by atoms with Crippen molar-refractivity contribution in [3.05, 3.63) is 57.6 Å². The van der Waals surface area contributed by atoms with Gasteiger partial charge >= 0.3 is 12.2 Å². The SMILES string of the molecule is Cc1ccc(C)c(OCNC(=O)Nc2ccc(Cl)cc2C(F)(F)F)c1C. The summed E-state index contributed by atoms with van der Waals surface area (Å²) in [4.78, 5) is 11.9. The van der Waals surface area contributed by atoms with E-state index in [1.54, 1.807) is 0 Å². The third kappa shape index (κ3) is 4.82. The number of nitrogens with one attached hydrogen (secondary N) is 2. The second-order valence-electron chi connectivity index (χ2n) is 5.76. The van der Waals surface area contributed by atoms with E-state index in [1.807, 2.05) is 32.9 Å².